The lowest BCUT2D eigenvalue weighted by molar-refractivity contribution is 0.0994. The number of carbonyl (C=O) groups excluding carboxylic acids is 2. The molecule has 176 valence electrons. The van der Waals surface area contributed by atoms with Gasteiger partial charge in [0.1, 0.15) is 17.8 Å². The molecule has 0 radical (unpaired) electrons. The number of aromatic hydroxyl groups is 1. The van der Waals surface area contributed by atoms with Crippen molar-refractivity contribution >= 4 is 39.8 Å². The normalized spacial score (nSPS) is 11.1. The minimum absolute atomic E-state index is 0.0138. The van der Waals surface area contributed by atoms with E-state index in [2.05, 4.69) is 25.5 Å². The van der Waals surface area contributed by atoms with Gasteiger partial charge in [0.2, 0.25) is 0 Å². The Morgan fingerprint density at radius 3 is 2.42 bits per heavy atom. The summed E-state index contributed by atoms with van der Waals surface area (Å²) >= 11 is 0. The second-order valence-electron chi connectivity index (χ2n) is 7.70. The van der Waals surface area contributed by atoms with Crippen molar-refractivity contribution in [3.05, 3.63) is 103 Å². The Labute approximate surface area is 204 Å². The number of nitrogens with two attached hydrogens (primary N) is 1. The molecule has 0 aliphatic carbocycles. The molecule has 0 spiro atoms. The Bertz CT molecular complexity index is 1610. The molecule has 3 aromatic carbocycles. The number of fused-ring (bicyclic) bond motifs is 1. The molecule has 0 fully saturated rings. The Kier molecular flexibility index (Phi) is 5.90. The Morgan fingerprint density at radius 2 is 1.67 bits per heavy atom. The lowest BCUT2D eigenvalue weighted by atomic mass is 10.0. The highest BCUT2D eigenvalue weighted by molar-refractivity contribution is 6.11. The highest BCUT2D eigenvalue weighted by Crippen LogP contribution is 2.40. The molecule has 2 aromatic heterocycles. The quantitative estimate of drug-likeness (QED) is 0.298. The van der Waals surface area contributed by atoms with Gasteiger partial charge < -0.3 is 16.2 Å². The maximum atomic E-state index is 13.0. The van der Waals surface area contributed by atoms with Gasteiger partial charge in [0.25, 0.3) is 11.8 Å². The minimum atomic E-state index is -0.802. The third-order valence-electron chi connectivity index (χ3n) is 5.39. The van der Waals surface area contributed by atoms with Gasteiger partial charge in [-0.2, -0.15) is 0 Å². The lowest BCUT2D eigenvalue weighted by Crippen LogP contribution is -2.12. The average molecular weight is 477 g/mol. The zero-order valence-corrected chi connectivity index (χ0v) is 18.7. The van der Waals surface area contributed by atoms with Crippen LogP contribution in [0.5, 0.6) is 5.75 Å². The number of phenols is 1. The van der Waals surface area contributed by atoms with Crippen LogP contribution in [-0.4, -0.2) is 31.5 Å². The zero-order chi connectivity index (χ0) is 25.1. The Morgan fingerprint density at radius 1 is 0.917 bits per heavy atom. The van der Waals surface area contributed by atoms with Crippen molar-refractivity contribution in [2.45, 2.75) is 0 Å². The van der Waals surface area contributed by atoms with Crippen LogP contribution in [0.25, 0.3) is 16.6 Å². The number of amides is 2. The van der Waals surface area contributed by atoms with Crippen LogP contribution in [0.15, 0.2) is 102 Å². The second-order valence-corrected chi connectivity index (χ2v) is 7.70. The zero-order valence-electron chi connectivity index (χ0n) is 18.7. The van der Waals surface area contributed by atoms with Crippen LogP contribution in [0, 0.1) is 0 Å². The smallest absolute Gasteiger partial charge is 0.271 e. The number of para-hydroxylation sites is 1. The van der Waals surface area contributed by atoms with E-state index in [0.717, 1.165) is 0 Å². The highest BCUT2D eigenvalue weighted by Gasteiger charge is 2.21. The SMILES string of the molecule is NC(=O)c1ncn(-c2ccccn2)c1N=Nc1c(O)c(C(=O)Nc2ccccc2)cc2ccccc12. The first-order valence-corrected chi connectivity index (χ1v) is 10.8. The molecule has 0 aliphatic heterocycles. The van der Waals surface area contributed by atoms with Crippen LogP contribution in [0.3, 0.4) is 0 Å². The van der Waals surface area contributed by atoms with E-state index >= 15 is 0 Å². The fourth-order valence-electron chi connectivity index (χ4n) is 3.68. The van der Waals surface area contributed by atoms with Crippen molar-refractivity contribution in [1.82, 2.24) is 14.5 Å². The largest absolute Gasteiger partial charge is 0.505 e. The molecule has 0 atom stereocenters. The molecule has 4 N–H and O–H groups in total. The van der Waals surface area contributed by atoms with Gasteiger partial charge in [0, 0.05) is 17.3 Å². The van der Waals surface area contributed by atoms with Gasteiger partial charge in [-0.05, 0) is 35.7 Å². The van der Waals surface area contributed by atoms with Gasteiger partial charge in [0.15, 0.2) is 17.3 Å². The summed E-state index contributed by atoms with van der Waals surface area (Å²) < 4.78 is 1.45. The maximum absolute atomic E-state index is 13.0. The van der Waals surface area contributed by atoms with Gasteiger partial charge in [-0.3, -0.25) is 14.2 Å². The number of hydrogen-bond acceptors (Lipinski definition) is 7. The summed E-state index contributed by atoms with van der Waals surface area (Å²) in [5.41, 5.74) is 6.01. The van der Waals surface area contributed by atoms with Crippen LogP contribution in [0.2, 0.25) is 0 Å². The van der Waals surface area contributed by atoms with E-state index in [1.165, 1.54) is 10.9 Å². The second kappa shape index (κ2) is 9.47. The molecule has 0 saturated carbocycles. The fraction of sp³-hybridized carbons (Fsp3) is 0. The molecular formula is C26H19N7O3. The topological polar surface area (TPSA) is 148 Å². The number of anilines is 1. The van der Waals surface area contributed by atoms with Crippen molar-refractivity contribution in [3.63, 3.8) is 0 Å². The van der Waals surface area contributed by atoms with Gasteiger partial charge in [-0.25, -0.2) is 9.97 Å². The van der Waals surface area contributed by atoms with Crippen LogP contribution >= 0.6 is 0 Å². The number of nitrogens with zero attached hydrogens (tertiary/aromatic N) is 5. The predicted octanol–water partition coefficient (Wildman–Crippen LogP) is 4.89. The van der Waals surface area contributed by atoms with E-state index in [1.54, 1.807) is 79.0 Å². The highest BCUT2D eigenvalue weighted by atomic mass is 16.3. The molecule has 36 heavy (non-hydrogen) atoms. The number of nitrogens with one attached hydrogen (secondary N) is 1. The van der Waals surface area contributed by atoms with E-state index in [4.69, 9.17) is 5.73 Å². The number of phenolic OH excluding ortho intramolecular Hbond substituents is 1. The molecule has 2 amide bonds. The summed E-state index contributed by atoms with van der Waals surface area (Å²) in [7, 11) is 0. The number of azo groups is 1. The number of rotatable bonds is 6. The van der Waals surface area contributed by atoms with E-state index in [9.17, 15) is 14.7 Å². The monoisotopic (exact) mass is 477 g/mol. The van der Waals surface area contributed by atoms with Gasteiger partial charge in [-0.1, -0.05) is 48.5 Å². The third-order valence-corrected chi connectivity index (χ3v) is 5.39. The van der Waals surface area contributed by atoms with Crippen molar-refractivity contribution in [2.75, 3.05) is 5.32 Å². The first kappa shape index (κ1) is 22.4. The Balaban J connectivity index is 1.63. The van der Waals surface area contributed by atoms with Crippen molar-refractivity contribution in [3.8, 4) is 11.6 Å². The first-order valence-electron chi connectivity index (χ1n) is 10.8. The van der Waals surface area contributed by atoms with E-state index in [-0.39, 0.29) is 28.5 Å². The molecule has 0 bridgehead atoms. The van der Waals surface area contributed by atoms with E-state index < -0.39 is 11.8 Å². The molecule has 0 unspecified atom stereocenters. The number of pyridine rings is 1. The number of hydrogen-bond donors (Lipinski definition) is 3. The first-order chi connectivity index (χ1) is 17.5. The summed E-state index contributed by atoms with van der Waals surface area (Å²) in [5.74, 6) is -1.21. The van der Waals surface area contributed by atoms with Crippen LogP contribution in [-0.2, 0) is 0 Å². The number of carbonyl (C=O) groups is 2. The number of aromatic nitrogens is 3. The molecule has 5 rings (SSSR count). The summed E-state index contributed by atoms with van der Waals surface area (Å²) in [4.78, 5) is 33.3. The van der Waals surface area contributed by atoms with Crippen molar-refractivity contribution in [2.24, 2.45) is 16.0 Å². The molecule has 0 saturated heterocycles. The van der Waals surface area contributed by atoms with Gasteiger partial charge in [0.05, 0.1) is 5.56 Å². The maximum Gasteiger partial charge on any atom is 0.271 e. The fourth-order valence-corrected chi connectivity index (χ4v) is 3.68. The van der Waals surface area contributed by atoms with Gasteiger partial charge in [-0.15, -0.1) is 10.2 Å². The number of benzene rings is 3. The summed E-state index contributed by atoms with van der Waals surface area (Å²) in [6.07, 6.45) is 2.94. The molecule has 10 nitrogen and oxygen atoms in total. The van der Waals surface area contributed by atoms with Crippen molar-refractivity contribution < 1.29 is 14.7 Å². The average Bonchev–Trinajstić information content (AvgIpc) is 3.33. The summed E-state index contributed by atoms with van der Waals surface area (Å²) in [6.45, 7) is 0. The number of primary amides is 1. The van der Waals surface area contributed by atoms with Gasteiger partial charge >= 0.3 is 0 Å². The molecule has 5 aromatic rings. The van der Waals surface area contributed by atoms with Crippen molar-refractivity contribution in [1.29, 1.82) is 0 Å². The lowest BCUT2D eigenvalue weighted by Gasteiger charge is -2.11. The molecule has 0 aliphatic rings. The van der Waals surface area contributed by atoms with Crippen LogP contribution < -0.4 is 11.1 Å². The minimum Gasteiger partial charge on any atom is -0.505 e. The van der Waals surface area contributed by atoms with E-state index in [1.807, 2.05) is 6.07 Å². The predicted molar refractivity (Wildman–Crippen MR) is 134 cm³/mol. The van der Waals surface area contributed by atoms with Crippen LogP contribution in [0.4, 0.5) is 17.2 Å². The summed E-state index contributed by atoms with van der Waals surface area (Å²) in [6, 6.07) is 22.8. The third kappa shape index (κ3) is 4.26. The number of imidazole rings is 1. The standard InChI is InChI=1S/C26H19N7O3/c27-24(35)22-25(33(15-29-22)20-12-6-7-13-28-20)32-31-21-18-11-5-4-8-16(18)14-19(23(21)34)26(36)30-17-9-2-1-3-10-17/h1-15,34H,(H2,27,35)(H,30,36). The molecular weight excluding hydrogens is 458 g/mol. The Hall–Kier alpha value is -5.38. The summed E-state index contributed by atoms with van der Waals surface area (Å²) in [5, 5.41) is 23.5. The van der Waals surface area contributed by atoms with E-state index in [0.29, 0.717) is 22.3 Å². The van der Waals surface area contributed by atoms with Crippen LogP contribution in [0.1, 0.15) is 20.8 Å². The molecule has 10 heteroatoms. The molecule has 2 heterocycles.